The van der Waals surface area contributed by atoms with Crippen molar-refractivity contribution in [1.29, 1.82) is 0 Å². The molecule has 1 rings (SSSR count). The Balaban J connectivity index is 2.37. The number of hydrogen-bond acceptors (Lipinski definition) is 4. The van der Waals surface area contributed by atoms with Gasteiger partial charge in [-0.25, -0.2) is 0 Å². The fourth-order valence-electron chi connectivity index (χ4n) is 1.61. The third-order valence-electron chi connectivity index (χ3n) is 2.77. The first-order valence-electron chi connectivity index (χ1n) is 6.52. The molecule has 0 aliphatic carbocycles. The molecule has 0 unspecified atom stereocenters. The molecule has 1 aromatic rings. The Bertz CT molecular complexity index is 419. The van der Waals surface area contributed by atoms with Crippen molar-refractivity contribution in [3.8, 4) is 0 Å². The summed E-state index contributed by atoms with van der Waals surface area (Å²) >= 11 is 0. The fourth-order valence-corrected chi connectivity index (χ4v) is 1.61. The Kier molecular flexibility index (Phi) is 6.15. The van der Waals surface area contributed by atoms with E-state index >= 15 is 0 Å². The van der Waals surface area contributed by atoms with E-state index in [1.807, 2.05) is 6.07 Å². The number of ether oxygens (including phenoxy) is 1. The summed E-state index contributed by atoms with van der Waals surface area (Å²) in [4.78, 5) is 11.1. The average molecular weight is 265 g/mol. The van der Waals surface area contributed by atoms with Crippen LogP contribution in [0.3, 0.4) is 0 Å². The van der Waals surface area contributed by atoms with Gasteiger partial charge in [0.15, 0.2) is 0 Å². The van der Waals surface area contributed by atoms with Gasteiger partial charge in [0.1, 0.15) is 0 Å². The molecule has 0 aliphatic rings. The highest BCUT2D eigenvalue weighted by Crippen LogP contribution is 2.21. The zero-order valence-corrected chi connectivity index (χ0v) is 11.6. The molecule has 1 aromatic carbocycles. The normalized spacial score (nSPS) is 10.7. The molecule has 0 spiro atoms. The van der Waals surface area contributed by atoms with Crippen LogP contribution >= 0.6 is 0 Å². The van der Waals surface area contributed by atoms with Crippen molar-refractivity contribution < 1.29 is 9.53 Å². The number of benzene rings is 1. The lowest BCUT2D eigenvalue weighted by Crippen LogP contribution is -2.16. The highest BCUT2D eigenvalue weighted by molar-refractivity contribution is 6.00. The monoisotopic (exact) mass is 265 g/mol. The van der Waals surface area contributed by atoms with Crippen molar-refractivity contribution >= 4 is 17.3 Å². The SMILES string of the molecule is CC(C)CCOCCNc1cccc(C(N)=O)c1N. The second-order valence-corrected chi connectivity index (χ2v) is 4.85. The molecule has 0 saturated heterocycles. The number of carbonyl (C=O) groups is 1. The zero-order valence-electron chi connectivity index (χ0n) is 11.6. The maximum absolute atomic E-state index is 11.1. The van der Waals surface area contributed by atoms with Gasteiger partial charge in [0.2, 0.25) is 0 Å². The van der Waals surface area contributed by atoms with Crippen LogP contribution in [-0.4, -0.2) is 25.7 Å². The Morgan fingerprint density at radius 3 is 2.74 bits per heavy atom. The number of primary amides is 1. The minimum Gasteiger partial charge on any atom is -0.396 e. The van der Waals surface area contributed by atoms with Crippen LogP contribution in [-0.2, 0) is 4.74 Å². The molecule has 0 aromatic heterocycles. The molecule has 0 atom stereocenters. The van der Waals surface area contributed by atoms with Gasteiger partial charge in [-0.15, -0.1) is 0 Å². The van der Waals surface area contributed by atoms with Crippen LogP contribution in [0.15, 0.2) is 18.2 Å². The van der Waals surface area contributed by atoms with E-state index in [1.165, 1.54) is 0 Å². The summed E-state index contributed by atoms with van der Waals surface area (Å²) in [6, 6.07) is 5.18. The Hall–Kier alpha value is -1.75. The molecule has 1 amide bonds. The molecule has 0 heterocycles. The second kappa shape index (κ2) is 7.63. The van der Waals surface area contributed by atoms with E-state index in [2.05, 4.69) is 19.2 Å². The summed E-state index contributed by atoms with van der Waals surface area (Å²) in [5.41, 5.74) is 12.5. The lowest BCUT2D eigenvalue weighted by atomic mass is 10.1. The van der Waals surface area contributed by atoms with Crippen molar-refractivity contribution in [2.75, 3.05) is 30.8 Å². The number of carbonyl (C=O) groups excluding carboxylic acids is 1. The van der Waals surface area contributed by atoms with Gasteiger partial charge in [0.05, 0.1) is 23.5 Å². The summed E-state index contributed by atoms with van der Waals surface area (Å²) in [5, 5.41) is 3.14. The van der Waals surface area contributed by atoms with Gasteiger partial charge in [-0.05, 0) is 24.5 Å². The molecule has 0 fully saturated rings. The zero-order chi connectivity index (χ0) is 14.3. The standard InChI is InChI=1S/C14H23N3O2/c1-10(2)6-8-19-9-7-17-12-5-3-4-11(13(12)15)14(16)18/h3-5,10,17H,6-9,15H2,1-2H3,(H2,16,18). The Labute approximate surface area is 114 Å². The summed E-state index contributed by atoms with van der Waals surface area (Å²) < 4.78 is 5.49. The van der Waals surface area contributed by atoms with E-state index in [-0.39, 0.29) is 0 Å². The van der Waals surface area contributed by atoms with Crippen LogP contribution in [0.25, 0.3) is 0 Å². The summed E-state index contributed by atoms with van der Waals surface area (Å²) in [5.74, 6) is 0.130. The number of nitrogen functional groups attached to an aromatic ring is 1. The molecule has 5 nitrogen and oxygen atoms in total. The van der Waals surface area contributed by atoms with Gasteiger partial charge in [0.25, 0.3) is 5.91 Å². The first kappa shape index (κ1) is 15.3. The molecule has 0 aliphatic heterocycles. The topological polar surface area (TPSA) is 90.4 Å². The number of amides is 1. The van der Waals surface area contributed by atoms with Gasteiger partial charge < -0.3 is 21.5 Å². The molecule has 106 valence electrons. The van der Waals surface area contributed by atoms with Gasteiger partial charge in [-0.2, -0.15) is 0 Å². The van der Waals surface area contributed by atoms with Crippen molar-refractivity contribution in [2.45, 2.75) is 20.3 Å². The highest BCUT2D eigenvalue weighted by Gasteiger charge is 2.08. The van der Waals surface area contributed by atoms with E-state index in [4.69, 9.17) is 16.2 Å². The van der Waals surface area contributed by atoms with Crippen LogP contribution in [0, 0.1) is 5.92 Å². The number of rotatable bonds is 8. The smallest absolute Gasteiger partial charge is 0.250 e. The van der Waals surface area contributed by atoms with Crippen molar-refractivity contribution in [2.24, 2.45) is 11.7 Å². The largest absolute Gasteiger partial charge is 0.396 e. The number of nitrogens with two attached hydrogens (primary N) is 2. The van der Waals surface area contributed by atoms with Crippen molar-refractivity contribution in [3.63, 3.8) is 0 Å². The van der Waals surface area contributed by atoms with E-state index in [0.717, 1.165) is 13.0 Å². The Morgan fingerprint density at radius 1 is 1.37 bits per heavy atom. The molecule has 0 bridgehead atoms. The third kappa shape index (κ3) is 5.18. The first-order chi connectivity index (χ1) is 9.02. The number of hydrogen-bond donors (Lipinski definition) is 3. The minimum absolute atomic E-state index is 0.339. The van der Waals surface area contributed by atoms with Gasteiger partial charge in [-0.3, -0.25) is 4.79 Å². The van der Waals surface area contributed by atoms with Gasteiger partial charge in [-0.1, -0.05) is 19.9 Å². The number of anilines is 2. The number of nitrogens with one attached hydrogen (secondary N) is 1. The Morgan fingerprint density at radius 2 is 2.11 bits per heavy atom. The van der Waals surface area contributed by atoms with Crippen LogP contribution in [0.4, 0.5) is 11.4 Å². The van der Waals surface area contributed by atoms with Crippen LogP contribution in [0.1, 0.15) is 30.6 Å². The minimum atomic E-state index is -0.519. The summed E-state index contributed by atoms with van der Waals surface area (Å²) in [7, 11) is 0. The maximum Gasteiger partial charge on any atom is 0.250 e. The second-order valence-electron chi connectivity index (χ2n) is 4.85. The van der Waals surface area contributed by atoms with Gasteiger partial charge in [0, 0.05) is 13.2 Å². The van der Waals surface area contributed by atoms with Crippen molar-refractivity contribution in [1.82, 2.24) is 0 Å². The average Bonchev–Trinajstić information content (AvgIpc) is 2.34. The molecule has 5 heteroatoms. The molecule has 0 radical (unpaired) electrons. The molecule has 0 saturated carbocycles. The van der Waals surface area contributed by atoms with Crippen LogP contribution in [0.5, 0.6) is 0 Å². The van der Waals surface area contributed by atoms with E-state index in [0.29, 0.717) is 36.0 Å². The summed E-state index contributed by atoms with van der Waals surface area (Å²) in [6.45, 7) is 6.34. The predicted molar refractivity (Wildman–Crippen MR) is 78.1 cm³/mol. The lowest BCUT2D eigenvalue weighted by molar-refractivity contribution is 0.100. The third-order valence-corrected chi connectivity index (χ3v) is 2.77. The van der Waals surface area contributed by atoms with Crippen LogP contribution in [0.2, 0.25) is 0 Å². The predicted octanol–water partition coefficient (Wildman–Crippen LogP) is 1.84. The highest BCUT2D eigenvalue weighted by atomic mass is 16.5. The summed E-state index contributed by atoms with van der Waals surface area (Å²) in [6.07, 6.45) is 1.05. The number of para-hydroxylation sites is 1. The fraction of sp³-hybridized carbons (Fsp3) is 0.500. The van der Waals surface area contributed by atoms with E-state index in [9.17, 15) is 4.79 Å². The molecule has 19 heavy (non-hydrogen) atoms. The maximum atomic E-state index is 11.1. The van der Waals surface area contributed by atoms with Gasteiger partial charge >= 0.3 is 0 Å². The van der Waals surface area contributed by atoms with E-state index in [1.54, 1.807) is 12.1 Å². The quantitative estimate of drug-likeness (QED) is 0.494. The van der Waals surface area contributed by atoms with E-state index < -0.39 is 5.91 Å². The molecular weight excluding hydrogens is 242 g/mol. The van der Waals surface area contributed by atoms with Crippen molar-refractivity contribution in [3.05, 3.63) is 23.8 Å². The molecule has 5 N–H and O–H groups in total. The lowest BCUT2D eigenvalue weighted by Gasteiger charge is -2.12. The van der Waals surface area contributed by atoms with Crippen LogP contribution < -0.4 is 16.8 Å². The first-order valence-corrected chi connectivity index (χ1v) is 6.52. The molecular formula is C14H23N3O2.